The Bertz CT molecular complexity index is 94.9. The van der Waals surface area contributed by atoms with Crippen molar-refractivity contribution in [1.82, 2.24) is 4.31 Å². The van der Waals surface area contributed by atoms with Gasteiger partial charge in [-0.1, -0.05) is 12.8 Å². The highest BCUT2D eigenvalue weighted by molar-refractivity contribution is 7.86. The van der Waals surface area contributed by atoms with Gasteiger partial charge in [-0.15, -0.1) is 0 Å². The molecule has 0 aromatic rings. The maximum atomic E-state index is 10.5. The number of hydrogen-bond donors (Lipinski definition) is 1. The van der Waals surface area contributed by atoms with Gasteiger partial charge in [-0.25, -0.2) is 4.31 Å². The van der Waals surface area contributed by atoms with E-state index in [9.17, 15) is 4.21 Å². The lowest BCUT2D eigenvalue weighted by atomic mass is 10.8. The van der Waals surface area contributed by atoms with Crippen molar-refractivity contribution >= 4 is 23.6 Å². The SMILES string of the molecule is O=S1CCN(S)C1. The fourth-order valence-electron chi connectivity index (χ4n) is 0.503. The van der Waals surface area contributed by atoms with Crippen molar-refractivity contribution in [2.24, 2.45) is 0 Å². The largest absolute Gasteiger partial charge is 0.258 e. The van der Waals surface area contributed by atoms with Crippen LogP contribution in [0.15, 0.2) is 0 Å². The van der Waals surface area contributed by atoms with E-state index >= 15 is 0 Å². The third-order valence-corrected chi connectivity index (χ3v) is 2.64. The Morgan fingerprint density at radius 3 is 2.57 bits per heavy atom. The van der Waals surface area contributed by atoms with Crippen LogP contribution in [0.4, 0.5) is 0 Å². The predicted octanol–water partition coefficient (Wildman–Crippen LogP) is -0.147. The standard InChI is InChI=1S/C3H7NOS2/c5-7-2-1-4(6)3-7/h6H,1-3H2. The molecule has 1 aliphatic rings. The van der Waals surface area contributed by atoms with Crippen LogP contribution in [0.5, 0.6) is 0 Å². The molecular formula is C3H7NOS2. The smallest absolute Gasteiger partial charge is 0.0844 e. The molecule has 0 aromatic heterocycles. The zero-order valence-corrected chi connectivity index (χ0v) is 5.54. The second-order valence-corrected chi connectivity index (χ2v) is 3.61. The summed E-state index contributed by atoms with van der Waals surface area (Å²) in [6.45, 7) is 0.871. The lowest BCUT2D eigenvalue weighted by Gasteiger charge is -1.97. The van der Waals surface area contributed by atoms with E-state index in [0.29, 0.717) is 5.88 Å². The highest BCUT2D eigenvalue weighted by Crippen LogP contribution is 2.03. The van der Waals surface area contributed by atoms with Gasteiger partial charge in [-0.3, -0.25) is 4.21 Å². The van der Waals surface area contributed by atoms with E-state index in [1.807, 2.05) is 0 Å². The molecule has 0 aromatic carbocycles. The van der Waals surface area contributed by atoms with Crippen molar-refractivity contribution in [3.8, 4) is 0 Å². The van der Waals surface area contributed by atoms with Crippen molar-refractivity contribution in [3.05, 3.63) is 0 Å². The minimum Gasteiger partial charge on any atom is -0.258 e. The highest BCUT2D eigenvalue weighted by atomic mass is 32.2. The monoisotopic (exact) mass is 137 g/mol. The Hall–Kier alpha value is 0.460. The molecule has 0 bridgehead atoms. The van der Waals surface area contributed by atoms with Gasteiger partial charge in [0.15, 0.2) is 0 Å². The Labute approximate surface area is 50.9 Å². The van der Waals surface area contributed by atoms with Crippen molar-refractivity contribution in [2.45, 2.75) is 0 Å². The lowest BCUT2D eigenvalue weighted by Crippen LogP contribution is -2.04. The van der Waals surface area contributed by atoms with Crippen molar-refractivity contribution in [3.63, 3.8) is 0 Å². The van der Waals surface area contributed by atoms with Crippen LogP contribution in [-0.2, 0) is 10.8 Å². The number of rotatable bonds is 0. The van der Waals surface area contributed by atoms with Crippen LogP contribution in [0.2, 0.25) is 0 Å². The molecule has 7 heavy (non-hydrogen) atoms. The van der Waals surface area contributed by atoms with Gasteiger partial charge in [-0.05, 0) is 0 Å². The van der Waals surface area contributed by atoms with E-state index in [-0.39, 0.29) is 0 Å². The summed E-state index contributed by atoms with van der Waals surface area (Å²) in [6, 6.07) is 0. The number of hydrogen-bond acceptors (Lipinski definition) is 3. The van der Waals surface area contributed by atoms with Gasteiger partial charge in [0.1, 0.15) is 0 Å². The summed E-state index contributed by atoms with van der Waals surface area (Å²) >= 11 is 3.99. The number of thiol groups is 1. The van der Waals surface area contributed by atoms with Gasteiger partial charge in [-0.2, -0.15) is 0 Å². The normalized spacial score (nSPS) is 34.1. The van der Waals surface area contributed by atoms with E-state index < -0.39 is 10.8 Å². The van der Waals surface area contributed by atoms with Crippen molar-refractivity contribution in [1.29, 1.82) is 0 Å². The van der Waals surface area contributed by atoms with E-state index in [2.05, 4.69) is 12.8 Å². The molecule has 0 N–H and O–H groups in total. The minimum absolute atomic E-state index is 0.603. The molecule has 0 amide bonds. The van der Waals surface area contributed by atoms with Crippen LogP contribution >= 0.6 is 12.8 Å². The molecule has 1 aliphatic heterocycles. The average molecular weight is 137 g/mol. The van der Waals surface area contributed by atoms with Gasteiger partial charge in [0.25, 0.3) is 0 Å². The molecule has 0 radical (unpaired) electrons. The van der Waals surface area contributed by atoms with Gasteiger partial charge in [0.2, 0.25) is 0 Å². The quantitative estimate of drug-likeness (QED) is 0.469. The van der Waals surface area contributed by atoms with E-state index in [0.717, 1.165) is 12.3 Å². The van der Waals surface area contributed by atoms with Crippen LogP contribution in [0.1, 0.15) is 0 Å². The second kappa shape index (κ2) is 2.15. The Morgan fingerprint density at radius 2 is 2.43 bits per heavy atom. The molecule has 4 heteroatoms. The molecule has 42 valence electrons. The third-order valence-electron chi connectivity index (χ3n) is 0.870. The first-order valence-corrected chi connectivity index (χ1v) is 3.96. The first kappa shape index (κ1) is 5.59. The van der Waals surface area contributed by atoms with Crippen LogP contribution in [0, 0.1) is 0 Å². The molecule has 1 fully saturated rings. The summed E-state index contributed by atoms with van der Waals surface area (Å²) in [4.78, 5) is 0. The van der Waals surface area contributed by atoms with E-state index in [4.69, 9.17) is 0 Å². The average Bonchev–Trinajstić information content (AvgIpc) is 1.87. The fourth-order valence-corrected chi connectivity index (χ4v) is 2.14. The maximum Gasteiger partial charge on any atom is 0.0844 e. The molecule has 1 heterocycles. The van der Waals surface area contributed by atoms with Crippen LogP contribution in [0.3, 0.4) is 0 Å². The van der Waals surface area contributed by atoms with Crippen LogP contribution in [-0.4, -0.2) is 26.7 Å². The van der Waals surface area contributed by atoms with Crippen molar-refractivity contribution < 1.29 is 4.21 Å². The summed E-state index contributed by atoms with van der Waals surface area (Å²) in [6.07, 6.45) is 0. The molecule has 2 nitrogen and oxygen atoms in total. The third kappa shape index (κ3) is 1.44. The predicted molar refractivity (Wildman–Crippen MR) is 33.6 cm³/mol. The first-order valence-electron chi connectivity index (χ1n) is 2.08. The van der Waals surface area contributed by atoms with E-state index in [1.54, 1.807) is 4.31 Å². The Morgan fingerprint density at radius 1 is 1.71 bits per heavy atom. The molecule has 1 atom stereocenters. The van der Waals surface area contributed by atoms with Crippen molar-refractivity contribution in [2.75, 3.05) is 18.2 Å². The Kier molecular flexibility index (Phi) is 1.72. The van der Waals surface area contributed by atoms with Gasteiger partial charge < -0.3 is 0 Å². The highest BCUT2D eigenvalue weighted by Gasteiger charge is 2.13. The fraction of sp³-hybridized carbons (Fsp3) is 1.00. The van der Waals surface area contributed by atoms with Gasteiger partial charge in [0, 0.05) is 23.1 Å². The molecular weight excluding hydrogens is 130 g/mol. The summed E-state index contributed by atoms with van der Waals surface area (Å²) < 4.78 is 12.2. The second-order valence-electron chi connectivity index (χ2n) is 1.50. The first-order chi connectivity index (χ1) is 3.29. The molecule has 0 spiro atoms. The summed E-state index contributed by atoms with van der Waals surface area (Å²) in [5.74, 6) is 1.44. The topological polar surface area (TPSA) is 20.3 Å². The molecule has 1 unspecified atom stereocenters. The van der Waals surface area contributed by atoms with Crippen LogP contribution < -0.4 is 0 Å². The number of nitrogens with zero attached hydrogens (tertiary/aromatic N) is 1. The summed E-state index contributed by atoms with van der Waals surface area (Å²) in [7, 11) is -0.603. The molecule has 1 rings (SSSR count). The molecule has 1 saturated heterocycles. The molecule has 0 aliphatic carbocycles. The summed E-state index contributed by atoms with van der Waals surface area (Å²) in [5.41, 5.74) is 0. The zero-order chi connectivity index (χ0) is 5.28. The summed E-state index contributed by atoms with van der Waals surface area (Å²) in [5, 5.41) is 0. The minimum atomic E-state index is -0.603. The Balaban J connectivity index is 2.40. The maximum absolute atomic E-state index is 10.5. The zero-order valence-electron chi connectivity index (χ0n) is 3.83. The van der Waals surface area contributed by atoms with Gasteiger partial charge in [0.05, 0.1) is 5.88 Å². The van der Waals surface area contributed by atoms with E-state index in [1.165, 1.54) is 0 Å². The van der Waals surface area contributed by atoms with Gasteiger partial charge >= 0.3 is 0 Å². The van der Waals surface area contributed by atoms with Crippen LogP contribution in [0.25, 0.3) is 0 Å². The lowest BCUT2D eigenvalue weighted by molar-refractivity contribution is 0.616. The molecule has 0 saturated carbocycles.